The Labute approximate surface area is 67.4 Å². The normalized spacial score (nSPS) is 12.2. The van der Waals surface area contributed by atoms with E-state index in [2.05, 4.69) is 25.3 Å². The first-order valence-electron chi connectivity index (χ1n) is 2.05. The Balaban J connectivity index is 4.67. The highest BCUT2D eigenvalue weighted by atomic mass is 32.1. The molecule has 0 saturated carbocycles. The van der Waals surface area contributed by atoms with Crippen LogP contribution in [0.3, 0.4) is 0 Å². The fourth-order valence-electron chi connectivity index (χ4n) is 0.203. The molecule has 0 atom stereocenters. The van der Waals surface area contributed by atoms with Crippen molar-refractivity contribution in [1.82, 2.24) is 0 Å². The Morgan fingerprint density at radius 2 is 1.10 bits per heavy atom. The topological polar surface area (TPSA) is 74.6 Å². The second-order valence-corrected chi connectivity index (χ2v) is 2.20. The molecular weight excluding hydrogens is 176 g/mol. The van der Waals surface area contributed by atoms with Gasteiger partial charge in [-0.1, -0.05) is 0 Å². The lowest BCUT2D eigenvalue weighted by molar-refractivity contribution is -0.134. The smallest absolute Gasteiger partial charge is 0.343 e. The van der Waals surface area contributed by atoms with Crippen molar-refractivity contribution >= 4 is 37.2 Å². The van der Waals surface area contributed by atoms with Gasteiger partial charge < -0.3 is 10.2 Å². The molecule has 0 spiro atoms. The highest BCUT2D eigenvalue weighted by Crippen LogP contribution is 2.12. The molecule has 0 aromatic carbocycles. The zero-order valence-electron chi connectivity index (χ0n) is 4.61. The van der Waals surface area contributed by atoms with E-state index in [9.17, 15) is 9.59 Å². The molecule has 4 nitrogen and oxygen atoms in total. The van der Waals surface area contributed by atoms with Gasteiger partial charge in [-0.25, -0.2) is 9.59 Å². The first-order chi connectivity index (χ1) is 4.46. The van der Waals surface area contributed by atoms with Crippen LogP contribution in [0.2, 0.25) is 0 Å². The van der Waals surface area contributed by atoms with E-state index >= 15 is 0 Å². The Hall–Kier alpha value is -0.620. The predicted molar refractivity (Wildman–Crippen MR) is 40.3 cm³/mol. The van der Waals surface area contributed by atoms with Crippen LogP contribution in [-0.4, -0.2) is 22.2 Å². The van der Waals surface area contributed by atoms with Gasteiger partial charge >= 0.3 is 11.9 Å². The van der Waals surface area contributed by atoms with Crippen molar-refractivity contribution in [3.05, 3.63) is 9.81 Å². The van der Waals surface area contributed by atoms with E-state index < -0.39 is 21.7 Å². The number of thiol groups is 2. The van der Waals surface area contributed by atoms with E-state index in [0.717, 1.165) is 0 Å². The minimum atomic E-state index is -1.41. The molecule has 56 valence electrons. The molecule has 10 heavy (non-hydrogen) atoms. The zero-order chi connectivity index (χ0) is 8.31. The van der Waals surface area contributed by atoms with E-state index in [1.165, 1.54) is 0 Å². The Bertz CT molecular complexity index is 185. The van der Waals surface area contributed by atoms with Crippen molar-refractivity contribution in [2.45, 2.75) is 0 Å². The van der Waals surface area contributed by atoms with Crippen LogP contribution in [0.5, 0.6) is 0 Å². The van der Waals surface area contributed by atoms with Gasteiger partial charge in [0, 0.05) is 0 Å². The van der Waals surface area contributed by atoms with Gasteiger partial charge in [0.05, 0.1) is 0 Å². The number of carbonyl (C=O) groups is 2. The van der Waals surface area contributed by atoms with Crippen LogP contribution in [0.25, 0.3) is 0 Å². The second-order valence-electron chi connectivity index (χ2n) is 1.31. The largest absolute Gasteiger partial charge is 0.477 e. The van der Waals surface area contributed by atoms with Crippen molar-refractivity contribution in [1.29, 1.82) is 0 Å². The fraction of sp³-hybridized carbons (Fsp3) is 0. The van der Waals surface area contributed by atoms with E-state index in [1.807, 2.05) is 0 Å². The van der Waals surface area contributed by atoms with Gasteiger partial charge in [-0.15, -0.1) is 25.3 Å². The van der Waals surface area contributed by atoms with Gasteiger partial charge in [0.15, 0.2) is 0 Å². The third kappa shape index (κ3) is 2.32. The van der Waals surface area contributed by atoms with Gasteiger partial charge in [0.2, 0.25) is 0 Å². The molecule has 0 aliphatic carbocycles. The number of hydrogen-bond donors (Lipinski definition) is 4. The van der Waals surface area contributed by atoms with E-state index in [4.69, 9.17) is 10.2 Å². The van der Waals surface area contributed by atoms with Crippen molar-refractivity contribution in [2.24, 2.45) is 0 Å². The van der Waals surface area contributed by atoms with E-state index in [1.54, 1.807) is 0 Å². The number of rotatable bonds is 2. The molecule has 0 rings (SSSR count). The SMILES string of the molecule is O=C(O)/C(S)=C(/S)C(=O)O. The molecule has 2 N–H and O–H groups in total. The molecule has 0 saturated heterocycles. The molecule has 0 heterocycles. The van der Waals surface area contributed by atoms with E-state index in [0.29, 0.717) is 0 Å². The Morgan fingerprint density at radius 1 is 0.900 bits per heavy atom. The maximum absolute atomic E-state index is 10.00. The van der Waals surface area contributed by atoms with Gasteiger partial charge in [-0.3, -0.25) is 0 Å². The molecule has 0 aliphatic heterocycles. The first kappa shape index (κ1) is 9.38. The minimum Gasteiger partial charge on any atom is -0.477 e. The van der Waals surface area contributed by atoms with E-state index in [-0.39, 0.29) is 0 Å². The molecule has 0 aromatic heterocycles. The second kappa shape index (κ2) is 3.52. The zero-order valence-corrected chi connectivity index (χ0v) is 6.39. The van der Waals surface area contributed by atoms with Crippen LogP contribution < -0.4 is 0 Å². The van der Waals surface area contributed by atoms with Crippen LogP contribution >= 0.6 is 25.3 Å². The van der Waals surface area contributed by atoms with Gasteiger partial charge in [0.25, 0.3) is 0 Å². The lowest BCUT2D eigenvalue weighted by Crippen LogP contribution is -2.03. The summed E-state index contributed by atoms with van der Waals surface area (Å²) in [6.07, 6.45) is 0. The van der Waals surface area contributed by atoms with Gasteiger partial charge in [-0.05, 0) is 0 Å². The quantitative estimate of drug-likeness (QED) is 0.362. The summed E-state index contributed by atoms with van der Waals surface area (Å²) in [6.45, 7) is 0. The molecular formula is C4H4O4S2. The number of carboxylic acid groups (broad SMARTS) is 2. The predicted octanol–water partition coefficient (Wildman–Crippen LogP) is 0.227. The summed E-state index contributed by atoms with van der Waals surface area (Å²) in [7, 11) is 0. The molecule has 0 aromatic rings. The summed E-state index contributed by atoms with van der Waals surface area (Å²) in [4.78, 5) is 18.9. The van der Waals surface area contributed by atoms with Crippen LogP contribution in [0.4, 0.5) is 0 Å². The monoisotopic (exact) mass is 180 g/mol. The van der Waals surface area contributed by atoms with Gasteiger partial charge in [-0.2, -0.15) is 0 Å². The highest BCUT2D eigenvalue weighted by Gasteiger charge is 2.12. The third-order valence-electron chi connectivity index (χ3n) is 0.629. The summed E-state index contributed by atoms with van der Waals surface area (Å²) < 4.78 is 0. The summed E-state index contributed by atoms with van der Waals surface area (Å²) in [5, 5.41) is 16.3. The molecule has 0 fully saturated rings. The van der Waals surface area contributed by atoms with Crippen molar-refractivity contribution in [2.75, 3.05) is 0 Å². The van der Waals surface area contributed by atoms with Crippen molar-refractivity contribution in [3.63, 3.8) is 0 Å². The Morgan fingerprint density at radius 3 is 1.20 bits per heavy atom. The van der Waals surface area contributed by atoms with Crippen LogP contribution in [-0.2, 0) is 9.59 Å². The summed E-state index contributed by atoms with van der Waals surface area (Å²) in [5.41, 5.74) is 0. The van der Waals surface area contributed by atoms with Crippen LogP contribution in [0, 0.1) is 0 Å². The Kier molecular flexibility index (Phi) is 3.31. The highest BCUT2D eigenvalue weighted by molar-refractivity contribution is 7.90. The summed E-state index contributed by atoms with van der Waals surface area (Å²) >= 11 is 6.76. The molecule has 0 radical (unpaired) electrons. The maximum Gasteiger partial charge on any atom is 0.343 e. The molecule has 6 heteroatoms. The molecule has 0 bridgehead atoms. The lowest BCUT2D eigenvalue weighted by Gasteiger charge is -1.93. The molecule has 0 unspecified atom stereocenters. The third-order valence-corrected chi connectivity index (χ3v) is 1.64. The standard InChI is InChI=1S/C4H4O4S2/c5-3(6)1(9)2(10)4(7)8/h9-10H,(H,5,6)(H,7,8)/b2-1-. The number of carboxylic acids is 2. The average Bonchev–Trinajstić information content (AvgIpc) is 1.84. The van der Waals surface area contributed by atoms with Crippen molar-refractivity contribution < 1.29 is 19.8 Å². The maximum atomic E-state index is 10.00. The van der Waals surface area contributed by atoms with Gasteiger partial charge in [0.1, 0.15) is 9.81 Å². The minimum absolute atomic E-state index is 0.573. The number of hydrogen-bond acceptors (Lipinski definition) is 4. The van der Waals surface area contributed by atoms with Crippen LogP contribution in [0.1, 0.15) is 0 Å². The van der Waals surface area contributed by atoms with Crippen molar-refractivity contribution in [3.8, 4) is 0 Å². The first-order valence-corrected chi connectivity index (χ1v) is 2.95. The fourth-order valence-corrected chi connectivity index (χ4v) is 0.394. The number of aliphatic carboxylic acids is 2. The lowest BCUT2D eigenvalue weighted by atomic mass is 10.5. The van der Waals surface area contributed by atoms with Crippen LogP contribution in [0.15, 0.2) is 9.81 Å². The molecule has 0 aliphatic rings. The summed E-state index contributed by atoms with van der Waals surface area (Å²) in [6, 6.07) is 0. The summed E-state index contributed by atoms with van der Waals surface area (Å²) in [5.74, 6) is -2.81. The average molecular weight is 180 g/mol. The molecule has 0 amide bonds.